The lowest BCUT2D eigenvalue weighted by Crippen LogP contribution is -2.69. The van der Waals surface area contributed by atoms with Gasteiger partial charge in [-0.3, -0.25) is 4.79 Å². The van der Waals surface area contributed by atoms with Crippen LogP contribution in [0.5, 0.6) is 0 Å². The quantitative estimate of drug-likeness (QED) is 0.0839. The highest BCUT2D eigenvalue weighted by Crippen LogP contribution is 2.36. The molecule has 1 saturated carbocycles. The summed E-state index contributed by atoms with van der Waals surface area (Å²) in [5.74, 6) is -0.691. The predicted octanol–water partition coefficient (Wildman–Crippen LogP) is -4.34. The average molecular weight is 604 g/mol. The van der Waals surface area contributed by atoms with Gasteiger partial charge >= 0.3 is 0 Å². The third-order valence-corrected chi connectivity index (χ3v) is 8.46. The van der Waals surface area contributed by atoms with Crippen molar-refractivity contribution in [3.05, 3.63) is 11.8 Å². The maximum Gasteiger partial charge on any atom is 0.249 e. The molecule has 244 valence electrons. The molecule has 42 heavy (non-hydrogen) atoms. The first-order valence-corrected chi connectivity index (χ1v) is 14.9. The maximum atomic E-state index is 12.8. The van der Waals surface area contributed by atoms with Crippen LogP contribution in [-0.2, 0) is 19.0 Å². The molecule has 0 aromatic heterocycles. The Labute approximate surface area is 247 Å². The van der Waals surface area contributed by atoms with Crippen LogP contribution >= 0.6 is 0 Å². The molecule has 1 amide bonds. The summed E-state index contributed by atoms with van der Waals surface area (Å²) in [5, 5.41) is 52.6. The summed E-state index contributed by atoms with van der Waals surface area (Å²) in [4.78, 5) is 12.8. The molecule has 2 heterocycles. The van der Waals surface area contributed by atoms with Crippen LogP contribution < -0.4 is 38.9 Å². The van der Waals surface area contributed by atoms with Crippen molar-refractivity contribution < 1.29 is 39.4 Å². The first-order valence-electron chi connectivity index (χ1n) is 14.9. The minimum atomic E-state index is -1.38. The van der Waals surface area contributed by atoms with Gasteiger partial charge in [0, 0.05) is 18.0 Å². The van der Waals surface area contributed by atoms with Crippen molar-refractivity contribution in [3.63, 3.8) is 0 Å². The number of rotatable bonds is 14. The second kappa shape index (κ2) is 16.0. The molecule has 0 aromatic carbocycles. The first-order chi connectivity index (χ1) is 19.9. The summed E-state index contributed by atoms with van der Waals surface area (Å²) in [7, 11) is 1.59. The molecule has 1 unspecified atom stereocenters. The van der Waals surface area contributed by atoms with Gasteiger partial charge in [0.2, 0.25) is 5.91 Å². The maximum absolute atomic E-state index is 12.8. The van der Waals surface area contributed by atoms with Gasteiger partial charge in [-0.1, -0.05) is 0 Å². The van der Waals surface area contributed by atoms with Crippen molar-refractivity contribution in [2.24, 2.45) is 28.9 Å². The third-order valence-electron chi connectivity index (χ3n) is 8.46. The Bertz CT molecular complexity index is 883. The number of ether oxygens (including phenoxy) is 3. The van der Waals surface area contributed by atoms with Gasteiger partial charge < -0.3 is 73.5 Å². The zero-order valence-electron chi connectivity index (χ0n) is 24.7. The average Bonchev–Trinajstić information content (AvgIpc) is 2.93. The fourth-order valence-electron chi connectivity index (χ4n) is 6.13. The molecule has 15 nitrogen and oxygen atoms in total. The smallest absolute Gasteiger partial charge is 0.249 e. The van der Waals surface area contributed by atoms with E-state index in [0.717, 1.165) is 19.4 Å². The fraction of sp³-hybridized carbons (Fsp3) is 0.889. The standard InChI is InChI=1S/C27H53N7O8/c1-27(39)13-40-26(21(37)24(27)32-2)42-23-17(34-25(38)18(35)7-9-29)11-16(31)19(20(23)36)22-15(30)6-5-14(41-22)12-33-10-4-3-8-28/h5,15-24,26,32-33,35-37,39H,3-4,6-13,28-31H2,1-2H3,(H,34,38)/t15-,16+,17-,18+,19-,20+,21-,22?,23+,24-,26-,27+/m1/s1. The molecule has 0 bridgehead atoms. The molecule has 0 spiro atoms. The summed E-state index contributed by atoms with van der Waals surface area (Å²) < 4.78 is 18.1. The van der Waals surface area contributed by atoms with Crippen LogP contribution in [0.2, 0.25) is 0 Å². The number of hydrogen-bond acceptors (Lipinski definition) is 14. The Morgan fingerprint density at radius 3 is 2.60 bits per heavy atom. The molecule has 2 aliphatic heterocycles. The van der Waals surface area contributed by atoms with Gasteiger partial charge in [-0.05, 0) is 71.8 Å². The number of aliphatic hydroxyl groups excluding tert-OH is 3. The number of nitrogens with one attached hydrogen (secondary N) is 3. The second-order valence-corrected chi connectivity index (χ2v) is 11.9. The number of carbonyl (C=O) groups is 1. The summed E-state index contributed by atoms with van der Waals surface area (Å²) in [6.45, 7) is 3.37. The molecule has 12 atom stereocenters. The monoisotopic (exact) mass is 603 g/mol. The summed E-state index contributed by atoms with van der Waals surface area (Å²) in [6, 6.07) is -2.77. The molecule has 2 fully saturated rings. The van der Waals surface area contributed by atoms with E-state index in [0.29, 0.717) is 25.3 Å². The summed E-state index contributed by atoms with van der Waals surface area (Å²) in [6.07, 6.45) is -2.51. The fourth-order valence-corrected chi connectivity index (χ4v) is 6.13. The number of aliphatic hydroxyl groups is 4. The van der Waals surface area contributed by atoms with E-state index >= 15 is 0 Å². The van der Waals surface area contributed by atoms with Gasteiger partial charge in [0.05, 0.1) is 31.3 Å². The van der Waals surface area contributed by atoms with E-state index in [9.17, 15) is 25.2 Å². The van der Waals surface area contributed by atoms with Crippen LogP contribution in [0.4, 0.5) is 0 Å². The number of hydrogen-bond donors (Lipinski definition) is 11. The zero-order chi connectivity index (χ0) is 31.0. The van der Waals surface area contributed by atoms with Gasteiger partial charge in [0.15, 0.2) is 6.29 Å². The molecule has 15 heteroatoms. The minimum absolute atomic E-state index is 0.0465. The van der Waals surface area contributed by atoms with E-state index in [2.05, 4.69) is 16.0 Å². The number of unbranched alkanes of at least 4 members (excludes halogenated alkanes) is 1. The van der Waals surface area contributed by atoms with E-state index in [1.807, 2.05) is 6.08 Å². The Morgan fingerprint density at radius 1 is 1.19 bits per heavy atom. The van der Waals surface area contributed by atoms with Crippen molar-refractivity contribution in [2.75, 3.05) is 39.8 Å². The third kappa shape index (κ3) is 8.58. The largest absolute Gasteiger partial charge is 0.492 e. The lowest BCUT2D eigenvalue weighted by Gasteiger charge is -2.50. The van der Waals surface area contributed by atoms with Crippen LogP contribution in [0.25, 0.3) is 0 Å². The number of nitrogens with two attached hydrogens (primary N) is 4. The highest BCUT2D eigenvalue weighted by molar-refractivity contribution is 5.80. The first kappa shape index (κ1) is 35.0. The number of amides is 1. The predicted molar refractivity (Wildman–Crippen MR) is 154 cm³/mol. The number of carbonyl (C=O) groups excluding carboxylic acids is 1. The van der Waals surface area contributed by atoms with Crippen molar-refractivity contribution in [1.82, 2.24) is 16.0 Å². The molecule has 1 saturated heterocycles. The molecule has 3 rings (SSSR count). The normalized spacial score (nSPS) is 39.7. The Morgan fingerprint density at radius 2 is 1.93 bits per heavy atom. The summed E-state index contributed by atoms with van der Waals surface area (Å²) >= 11 is 0. The Kier molecular flexibility index (Phi) is 13.4. The Hall–Kier alpha value is -1.47. The summed E-state index contributed by atoms with van der Waals surface area (Å²) in [5.41, 5.74) is 22.8. The van der Waals surface area contributed by atoms with E-state index in [4.69, 9.17) is 37.1 Å². The van der Waals surface area contributed by atoms with E-state index in [-0.39, 0.29) is 26.0 Å². The van der Waals surface area contributed by atoms with Crippen LogP contribution in [-0.4, -0.2) is 133 Å². The zero-order valence-corrected chi connectivity index (χ0v) is 24.7. The Balaban J connectivity index is 1.80. The lowest BCUT2D eigenvalue weighted by molar-refractivity contribution is -0.297. The van der Waals surface area contributed by atoms with Crippen LogP contribution in [0.15, 0.2) is 11.8 Å². The lowest BCUT2D eigenvalue weighted by atomic mass is 9.72. The molecule has 1 aliphatic carbocycles. The van der Waals surface area contributed by atoms with Crippen LogP contribution in [0.3, 0.4) is 0 Å². The topological polar surface area (TPSA) is 266 Å². The van der Waals surface area contributed by atoms with Gasteiger partial charge in [0.1, 0.15) is 35.8 Å². The van der Waals surface area contributed by atoms with Crippen LogP contribution in [0.1, 0.15) is 39.0 Å². The molecular formula is C27H53N7O8. The van der Waals surface area contributed by atoms with Crippen molar-refractivity contribution >= 4 is 5.91 Å². The van der Waals surface area contributed by atoms with Crippen LogP contribution in [0, 0.1) is 5.92 Å². The van der Waals surface area contributed by atoms with Gasteiger partial charge in [-0.25, -0.2) is 0 Å². The van der Waals surface area contributed by atoms with Gasteiger partial charge in [0.25, 0.3) is 0 Å². The highest BCUT2D eigenvalue weighted by atomic mass is 16.7. The van der Waals surface area contributed by atoms with Crippen molar-refractivity contribution in [3.8, 4) is 0 Å². The van der Waals surface area contributed by atoms with Crippen molar-refractivity contribution in [1.29, 1.82) is 0 Å². The van der Waals surface area contributed by atoms with Crippen molar-refractivity contribution in [2.45, 2.75) is 106 Å². The molecule has 15 N–H and O–H groups in total. The van der Waals surface area contributed by atoms with E-state index in [1.54, 1.807) is 7.05 Å². The highest BCUT2D eigenvalue weighted by Gasteiger charge is 2.53. The minimum Gasteiger partial charge on any atom is -0.492 e. The van der Waals surface area contributed by atoms with Gasteiger partial charge in [-0.2, -0.15) is 0 Å². The second-order valence-electron chi connectivity index (χ2n) is 11.9. The molecule has 0 aromatic rings. The number of likely N-dealkylation sites (N-methyl/N-ethyl adjacent to an activating group) is 1. The SMILES string of the molecule is CN[C@@H]1[C@@H](O)[C@@H](O[C@@H]2[C@@H](O)[C@H](C3OC(CNCCCCN)=CC[C@H]3N)[C@@H](N)C[C@H]2NC(=O)[C@@H](O)CCN)OC[C@]1(C)O. The molecule has 3 aliphatic rings. The molecule has 0 radical (unpaired) electrons. The van der Waals surface area contributed by atoms with E-state index < -0.39 is 78.4 Å². The van der Waals surface area contributed by atoms with E-state index in [1.165, 1.54) is 6.92 Å². The van der Waals surface area contributed by atoms with Gasteiger partial charge in [-0.15, -0.1) is 0 Å². The molecular weight excluding hydrogens is 550 g/mol.